The van der Waals surface area contributed by atoms with Gasteiger partial charge in [-0.1, -0.05) is 99.5 Å². The number of hydrogen-bond donors (Lipinski definition) is 21. The van der Waals surface area contributed by atoms with Crippen molar-refractivity contribution in [3.63, 3.8) is 0 Å². The Hall–Kier alpha value is -1.81. The number of hydrogen-bond acceptors (Lipinski definition) is 52. The number of ether oxygens (including phenoxy) is 8. The summed E-state index contributed by atoms with van der Waals surface area (Å²) >= 11 is 0. The highest BCUT2D eigenvalue weighted by Crippen LogP contribution is 2.70. The number of amides is 1. The molecule has 1 amide bonds. The molecule has 0 aromatic carbocycles. The maximum absolute atomic E-state index is 12.1. The maximum Gasteiger partial charge on any atom is 0.490 e. The van der Waals surface area contributed by atoms with E-state index in [1.807, 2.05) is 25.0 Å². The van der Waals surface area contributed by atoms with Crippen LogP contribution < -0.4 is 28.1 Å². The molecule has 64 nitrogen and oxygen atoms in total. The Morgan fingerprint density at radius 3 is 1.18 bits per heavy atom. The van der Waals surface area contributed by atoms with Gasteiger partial charge in [-0.3, -0.25) is 37.2 Å². The highest BCUT2D eigenvalue weighted by Gasteiger charge is 2.50. The maximum atomic E-state index is 12.1. The predicted molar refractivity (Wildman–Crippen MR) is 475 cm³/mol. The topological polar surface area (TPSA) is 933 Å². The average molecular weight is 2310 g/mol. The summed E-state index contributed by atoms with van der Waals surface area (Å²) in [7, 11) is -54.5. The molecule has 0 radical (unpaired) electrons. The first-order chi connectivity index (χ1) is 61.8. The van der Waals surface area contributed by atoms with E-state index in [4.69, 9.17) is 103 Å². The molecule has 6 aliphatic rings. The Labute approximate surface area is 786 Å². The number of nitrogen functional groups attached to an aromatic ring is 2. The van der Waals surface area contributed by atoms with Crippen LogP contribution in [-0.2, 0) is 150 Å². The molecule has 0 spiro atoms. The van der Waals surface area contributed by atoms with E-state index in [-0.39, 0.29) is 89.8 Å². The lowest BCUT2D eigenvalue weighted by Gasteiger charge is -2.32. The van der Waals surface area contributed by atoms with Gasteiger partial charge in [-0.15, -0.1) is 0 Å². The van der Waals surface area contributed by atoms with E-state index in [9.17, 15) is 104 Å². The quantitative estimate of drug-likeness (QED) is 0.0108. The Morgan fingerprint density at radius 2 is 0.821 bits per heavy atom. The molecule has 24 N–H and O–H groups in total. The molecule has 4 aromatic rings. The zero-order valence-corrected chi connectivity index (χ0v) is 85.6. The lowest BCUT2D eigenvalue weighted by atomic mass is 10.1. The number of aromatic nitrogens is 7. The highest BCUT2D eigenvalue weighted by molar-refractivity contribution is 8.77. The number of amidine groups is 1. The molecular weight excluding hydrogens is 2220 g/mol. The van der Waals surface area contributed by atoms with Gasteiger partial charge in [-0.05, 0) is 44.1 Å². The monoisotopic (exact) mass is 2310 g/mol. The van der Waals surface area contributed by atoms with Gasteiger partial charge in [0.2, 0.25) is 5.95 Å². The standard InChI is InChI=1S/C13H21N4O13P3S2.C13H23N2O13P3S2.C12H20N5O12P3S2.C12H22N3O12P3S2/c1-34-35-6-26-8-4-10(17-3-2-7-11(17)15-13(14)16-12(7)18)28-9(8)5-27-32(22,23)30-33(24,25)29-31(19,20)21;1-8-5-15(9(2)14-13(8)16)12-4-10(24-7-33-32-3)11(26-12)6-25-30(20,21)28-31(22,23)27-29(17,18)19;1-33-34-6-25-7-2-9(17-5-16-10-11(13)14-4-15-12(10)17)27-8(7)3-26-31(21,22)29-32(23,24)28-30(18,19)20;1-8-14-11(13)3-4-15(8)12-5-9(23-7-32-31-2)10(25-12)6-24-29(19,20)27-30(21,22)26-28(16,17)18/h2-3,8-10H,4-6H2,1H3,(H,22,23)(H,24,25)(H2,19,20,21)(H3,14,15,16,18);5,10-12H,2,4,6-7H2,1,3H3,(H,14,16)(H,20,21)(H,22,23)(H2,17,18,19);4-5,7-9H,2-3,6H2,1H3,(H,21,22)(H,23,24)(H2,13,14,15)(H2,18,19,20);3-4,9-10,12H,1,5-7H2,2H3,(H2,13,14)(H,19,20)(H,21,22)(H2,16,17,18)/t8-,9+,10+;10-,11+,12+;7-,8+,9+;9-,10+,12+/m0000/s1. The van der Waals surface area contributed by atoms with Gasteiger partial charge >= 0.3 is 93.9 Å². The second-order valence-corrected chi connectivity index (χ2v) is 53.5. The Bertz CT molecular complexity index is 5530. The number of fused-ring (bicyclic) bond motifs is 2. The van der Waals surface area contributed by atoms with E-state index < -0.39 is 200 Å². The van der Waals surface area contributed by atoms with Crippen molar-refractivity contribution in [2.24, 2.45) is 10.7 Å². The lowest BCUT2D eigenvalue weighted by Crippen LogP contribution is -2.42. The molecule has 84 heteroatoms. The van der Waals surface area contributed by atoms with Crippen LogP contribution >= 0.6 is 180 Å². The van der Waals surface area contributed by atoms with Crippen LogP contribution in [0.15, 0.2) is 83.6 Å². The number of phosphoric ester groups is 4. The highest BCUT2D eigenvalue weighted by atomic mass is 33.1. The first kappa shape index (κ1) is 119. The van der Waals surface area contributed by atoms with Crippen LogP contribution in [0.1, 0.15) is 45.1 Å². The van der Waals surface area contributed by atoms with Gasteiger partial charge in [0.25, 0.3) is 11.5 Å². The van der Waals surface area contributed by atoms with Gasteiger partial charge < -0.3 is 153 Å². The molecule has 4 aromatic heterocycles. The molecule has 8 unspecified atom stereocenters. The predicted octanol–water partition coefficient (Wildman–Crippen LogP) is 5.75. The van der Waals surface area contributed by atoms with Crippen LogP contribution in [0.25, 0.3) is 22.2 Å². The first-order valence-corrected chi connectivity index (χ1v) is 64.4. The minimum absolute atomic E-state index is 0.117. The van der Waals surface area contributed by atoms with E-state index in [1.165, 1.54) is 128 Å². The normalized spacial score (nSPS) is 26.1. The minimum atomic E-state index is -5.66. The van der Waals surface area contributed by atoms with Crippen molar-refractivity contribution in [3.8, 4) is 0 Å². The van der Waals surface area contributed by atoms with E-state index >= 15 is 0 Å². The second-order valence-electron chi connectivity index (χ2n) is 25.7. The molecular formula is C50H86N14O50P12S8. The van der Waals surface area contributed by atoms with Crippen molar-refractivity contribution < 1.29 is 228 Å². The Balaban J connectivity index is 0.000000244. The van der Waals surface area contributed by atoms with Crippen molar-refractivity contribution in [3.05, 3.63) is 84.1 Å². The van der Waals surface area contributed by atoms with Crippen LogP contribution in [0, 0.1) is 0 Å². The number of rotatable bonds is 48. The fourth-order valence-corrected chi connectivity index (χ4v) is 26.6. The number of nitrogens with two attached hydrogens (primary N) is 3. The van der Waals surface area contributed by atoms with Crippen molar-refractivity contribution >= 4 is 226 Å². The van der Waals surface area contributed by atoms with Crippen LogP contribution in [0.2, 0.25) is 0 Å². The molecule has 0 bridgehead atoms. The van der Waals surface area contributed by atoms with Crippen LogP contribution in [0.5, 0.6) is 0 Å². The molecule has 4 saturated heterocycles. The van der Waals surface area contributed by atoms with Gasteiger partial charge in [0.15, 0.2) is 17.1 Å². The molecule has 764 valence electrons. The molecule has 4 fully saturated rings. The lowest BCUT2D eigenvalue weighted by molar-refractivity contribution is -0.119. The zero-order chi connectivity index (χ0) is 100. The fourth-order valence-electron chi connectivity index (χ4n) is 11.3. The summed E-state index contributed by atoms with van der Waals surface area (Å²) in [5.74, 6) is 1.44. The molecule has 6 aliphatic heterocycles. The van der Waals surface area contributed by atoms with E-state index in [0.717, 1.165) is 0 Å². The summed E-state index contributed by atoms with van der Waals surface area (Å²) < 4.78 is 235. The van der Waals surface area contributed by atoms with E-state index in [1.54, 1.807) is 27.5 Å². The summed E-state index contributed by atoms with van der Waals surface area (Å²) in [5.41, 5.74) is 17.9. The van der Waals surface area contributed by atoms with Crippen molar-refractivity contribution in [2.75, 3.05) is 86.7 Å². The molecule has 20 atom stereocenters. The Kier molecular flexibility index (Phi) is 45.6. The molecule has 10 heterocycles. The number of H-pyrrole nitrogens is 1. The first-order valence-electron chi connectivity index (χ1n) is 35.4. The minimum Gasteiger partial charge on any atom is -0.384 e. The van der Waals surface area contributed by atoms with E-state index in [2.05, 4.69) is 91.9 Å². The number of imidazole rings is 1. The number of carbonyl (C=O) groups excluding carboxylic acids is 1. The Morgan fingerprint density at radius 1 is 0.470 bits per heavy atom. The smallest absolute Gasteiger partial charge is 0.384 e. The third-order valence-electron chi connectivity index (χ3n) is 16.2. The van der Waals surface area contributed by atoms with Crippen LogP contribution in [0.4, 0.5) is 11.8 Å². The summed E-state index contributed by atoms with van der Waals surface area (Å²) in [6.45, 7) is 6.47. The number of nitrogens with zero attached hydrogens (tertiary/aromatic N) is 9. The van der Waals surface area contributed by atoms with Gasteiger partial charge in [0.1, 0.15) is 102 Å². The molecule has 134 heavy (non-hydrogen) atoms. The van der Waals surface area contributed by atoms with Gasteiger partial charge in [-0.25, -0.2) is 74.7 Å². The van der Waals surface area contributed by atoms with Crippen molar-refractivity contribution in [2.45, 2.75) is 106 Å². The fraction of sp³-hybridized carbons (Fsp3) is 0.580. The number of phosphoric acid groups is 12. The summed E-state index contributed by atoms with van der Waals surface area (Å²) in [4.78, 5) is 194. The van der Waals surface area contributed by atoms with Crippen molar-refractivity contribution in [1.29, 1.82) is 0 Å². The molecule has 0 aliphatic carbocycles. The van der Waals surface area contributed by atoms with Gasteiger partial charge in [-0.2, -0.15) is 39.5 Å². The van der Waals surface area contributed by atoms with Crippen LogP contribution in [0.3, 0.4) is 0 Å². The number of nitrogens with one attached hydrogen (secondary N) is 2. The molecule has 0 saturated carbocycles. The number of anilines is 2. The molecule has 10 rings (SSSR count). The van der Waals surface area contributed by atoms with Crippen molar-refractivity contribution in [1.82, 2.24) is 49.2 Å². The van der Waals surface area contributed by atoms with Gasteiger partial charge in [0, 0.05) is 49.9 Å². The summed E-state index contributed by atoms with van der Waals surface area (Å²) in [5, 5.41) is 2.81. The third kappa shape index (κ3) is 40.7. The average Bonchev–Trinajstić information content (AvgIpc) is 1.50. The SMILES string of the molecule is C=C1N=C(N)C=CN1[C@H]1C[C@H](OCSSC)[C@@H](COP(=O)(O)OP(=O)(O)OP(=O)(O)O)O1.C=C1NC(=O)C(C)=CN1[C@H]1C[C@H](OCSSC)[C@@H](COP(=O)(O)OP(=O)(O)OP(=O)(O)O)O1.CSSCO[C@H]1C[C@H](n2ccc3c(=O)[nH]c(N)nc32)O[C@@H]1COP(=O)(O)OP(=O)(O)OP(=O)(O)O.CSSCO[C@H]1C[C@H](n2cnc3c(N)ncnc32)O[C@@H]1COP(=O)(O)OP(=O)(O)OP(=O)(O)O. The number of aromatic amines is 1. The summed E-state index contributed by atoms with van der Waals surface area (Å²) in [6.07, 6.45) is 7.81. The summed E-state index contributed by atoms with van der Waals surface area (Å²) in [6, 6.07) is 1.50. The number of carbonyl (C=O) groups is 1. The van der Waals surface area contributed by atoms with E-state index in [0.29, 0.717) is 22.6 Å². The zero-order valence-electron chi connectivity index (χ0n) is 68.3. The second kappa shape index (κ2) is 51.3. The van der Waals surface area contributed by atoms with Crippen LogP contribution in [-0.4, -0.2) is 270 Å². The third-order valence-corrected chi connectivity index (χ3v) is 37.3. The largest absolute Gasteiger partial charge is 0.490 e. The number of aliphatic imine (C=N–C) groups is 1. The van der Waals surface area contributed by atoms with Gasteiger partial charge in [0.05, 0.1) is 62.6 Å².